The molecule has 1 fully saturated rings. The lowest BCUT2D eigenvalue weighted by atomic mass is 9.78. The Morgan fingerprint density at radius 1 is 1.43 bits per heavy atom. The van der Waals surface area contributed by atoms with Gasteiger partial charge in [-0.1, -0.05) is 26.2 Å². The third kappa shape index (κ3) is 3.84. The fourth-order valence-corrected chi connectivity index (χ4v) is 3.50. The van der Waals surface area contributed by atoms with Crippen molar-refractivity contribution in [3.8, 4) is 0 Å². The van der Waals surface area contributed by atoms with Gasteiger partial charge in [-0.05, 0) is 32.4 Å². The average Bonchev–Trinajstić information content (AvgIpc) is 2.87. The van der Waals surface area contributed by atoms with Crippen LogP contribution in [-0.4, -0.2) is 38.3 Å². The van der Waals surface area contributed by atoms with Crippen molar-refractivity contribution in [2.45, 2.75) is 70.5 Å². The van der Waals surface area contributed by atoms with Crippen LogP contribution >= 0.6 is 0 Å². The van der Waals surface area contributed by atoms with Gasteiger partial charge in [0.05, 0.1) is 12.1 Å². The van der Waals surface area contributed by atoms with E-state index in [4.69, 9.17) is 0 Å². The molecule has 1 aliphatic rings. The monoisotopic (exact) mass is 293 g/mol. The fourth-order valence-electron chi connectivity index (χ4n) is 3.50. The van der Waals surface area contributed by atoms with E-state index in [1.54, 1.807) is 0 Å². The Labute approximate surface area is 126 Å². The van der Waals surface area contributed by atoms with Gasteiger partial charge in [-0.25, -0.2) is 0 Å². The minimum Gasteiger partial charge on any atom is -0.481 e. The largest absolute Gasteiger partial charge is 0.481 e. The molecule has 0 aromatic carbocycles. The normalized spacial score (nSPS) is 18.0. The Morgan fingerprint density at radius 3 is 2.76 bits per heavy atom. The van der Waals surface area contributed by atoms with E-state index in [0.717, 1.165) is 45.2 Å². The summed E-state index contributed by atoms with van der Waals surface area (Å²) in [5, 5.41) is 13.7. The first-order valence-corrected chi connectivity index (χ1v) is 8.01. The first-order chi connectivity index (χ1) is 10.1. The Hall–Kier alpha value is -1.36. The minimum atomic E-state index is -0.689. The molecule has 0 amide bonds. The molecule has 2 rings (SSSR count). The molecule has 0 bridgehead atoms. The number of hydrogen-bond acceptors (Lipinski definition) is 3. The van der Waals surface area contributed by atoms with Crippen molar-refractivity contribution in [1.29, 1.82) is 0 Å². The summed E-state index contributed by atoms with van der Waals surface area (Å²) in [6.07, 6.45) is 8.59. The van der Waals surface area contributed by atoms with E-state index in [2.05, 4.69) is 24.0 Å². The summed E-state index contributed by atoms with van der Waals surface area (Å²) in [5.41, 5.74) is 0.987. The fraction of sp³-hybridized carbons (Fsp3) is 0.750. The predicted molar refractivity (Wildman–Crippen MR) is 82.1 cm³/mol. The van der Waals surface area contributed by atoms with Crippen LogP contribution in [0.15, 0.2) is 12.3 Å². The lowest BCUT2D eigenvalue weighted by Gasteiger charge is -2.44. The molecule has 1 saturated carbocycles. The number of carboxylic acids is 1. The SMILES string of the molecule is CCCn1nccc1CN(C)C1(CC(=O)O)CCCCC1. The van der Waals surface area contributed by atoms with Gasteiger partial charge in [0, 0.05) is 24.8 Å². The summed E-state index contributed by atoms with van der Waals surface area (Å²) in [5.74, 6) is -0.689. The van der Waals surface area contributed by atoms with Crippen LogP contribution < -0.4 is 0 Å². The maximum Gasteiger partial charge on any atom is 0.305 e. The molecule has 118 valence electrons. The smallest absolute Gasteiger partial charge is 0.305 e. The van der Waals surface area contributed by atoms with Gasteiger partial charge in [-0.2, -0.15) is 5.10 Å². The van der Waals surface area contributed by atoms with Gasteiger partial charge in [0.25, 0.3) is 0 Å². The zero-order chi connectivity index (χ0) is 15.3. The highest BCUT2D eigenvalue weighted by Crippen LogP contribution is 2.36. The molecule has 0 atom stereocenters. The van der Waals surface area contributed by atoms with Crippen LogP contribution in [0.5, 0.6) is 0 Å². The number of nitrogens with zero attached hydrogens (tertiary/aromatic N) is 3. The van der Waals surface area contributed by atoms with Crippen LogP contribution in [0, 0.1) is 0 Å². The second-order valence-corrected chi connectivity index (χ2v) is 6.26. The Morgan fingerprint density at radius 2 is 2.14 bits per heavy atom. The summed E-state index contributed by atoms with van der Waals surface area (Å²) >= 11 is 0. The van der Waals surface area contributed by atoms with Gasteiger partial charge in [0.2, 0.25) is 0 Å². The van der Waals surface area contributed by atoms with Crippen LogP contribution in [0.4, 0.5) is 0 Å². The maximum atomic E-state index is 11.3. The first kappa shape index (κ1) is 16.0. The average molecular weight is 293 g/mol. The molecule has 1 aromatic heterocycles. The molecule has 1 N–H and O–H groups in total. The summed E-state index contributed by atoms with van der Waals surface area (Å²) < 4.78 is 2.04. The predicted octanol–water partition coefficient (Wildman–Crippen LogP) is 2.90. The van der Waals surface area contributed by atoms with E-state index in [0.29, 0.717) is 0 Å². The van der Waals surface area contributed by atoms with Crippen molar-refractivity contribution in [1.82, 2.24) is 14.7 Å². The van der Waals surface area contributed by atoms with Crippen molar-refractivity contribution in [3.05, 3.63) is 18.0 Å². The quantitative estimate of drug-likeness (QED) is 0.840. The molecule has 0 spiro atoms. The number of carbonyl (C=O) groups is 1. The van der Waals surface area contributed by atoms with Crippen molar-refractivity contribution in [3.63, 3.8) is 0 Å². The van der Waals surface area contributed by atoms with Crippen molar-refractivity contribution < 1.29 is 9.90 Å². The minimum absolute atomic E-state index is 0.189. The van der Waals surface area contributed by atoms with Gasteiger partial charge < -0.3 is 5.11 Å². The molecule has 5 nitrogen and oxygen atoms in total. The van der Waals surface area contributed by atoms with E-state index in [-0.39, 0.29) is 12.0 Å². The Kier molecular flexibility index (Phi) is 5.39. The van der Waals surface area contributed by atoms with Crippen LogP contribution in [0.2, 0.25) is 0 Å². The zero-order valence-electron chi connectivity index (χ0n) is 13.2. The van der Waals surface area contributed by atoms with Crippen LogP contribution in [0.1, 0.15) is 57.6 Å². The highest BCUT2D eigenvalue weighted by Gasteiger charge is 2.38. The van der Waals surface area contributed by atoms with E-state index in [9.17, 15) is 9.90 Å². The van der Waals surface area contributed by atoms with Gasteiger partial charge in [0.1, 0.15) is 0 Å². The Balaban J connectivity index is 2.12. The molecule has 0 radical (unpaired) electrons. The van der Waals surface area contributed by atoms with Crippen molar-refractivity contribution in [2.24, 2.45) is 0 Å². The summed E-state index contributed by atoms with van der Waals surface area (Å²) in [7, 11) is 2.07. The van der Waals surface area contributed by atoms with Crippen LogP contribution in [0.3, 0.4) is 0 Å². The second kappa shape index (κ2) is 7.07. The van der Waals surface area contributed by atoms with Crippen LogP contribution in [0.25, 0.3) is 0 Å². The van der Waals surface area contributed by atoms with Gasteiger partial charge >= 0.3 is 5.97 Å². The highest BCUT2D eigenvalue weighted by atomic mass is 16.4. The maximum absolute atomic E-state index is 11.3. The third-order valence-corrected chi connectivity index (χ3v) is 4.71. The van der Waals surface area contributed by atoms with Gasteiger partial charge in [0.15, 0.2) is 0 Å². The van der Waals surface area contributed by atoms with Gasteiger partial charge in [-0.15, -0.1) is 0 Å². The summed E-state index contributed by atoms with van der Waals surface area (Å²) in [6.45, 7) is 3.83. The van der Waals surface area contributed by atoms with E-state index in [1.807, 2.05) is 16.9 Å². The van der Waals surface area contributed by atoms with Crippen molar-refractivity contribution in [2.75, 3.05) is 7.05 Å². The third-order valence-electron chi connectivity index (χ3n) is 4.71. The molecule has 5 heteroatoms. The molecule has 1 heterocycles. The lowest BCUT2D eigenvalue weighted by Crippen LogP contribution is -2.49. The topological polar surface area (TPSA) is 58.4 Å². The number of aryl methyl sites for hydroxylation is 1. The molecule has 0 unspecified atom stereocenters. The number of hydrogen-bond donors (Lipinski definition) is 1. The molecule has 1 aliphatic carbocycles. The van der Waals surface area contributed by atoms with Crippen LogP contribution in [-0.2, 0) is 17.9 Å². The van der Waals surface area contributed by atoms with E-state index >= 15 is 0 Å². The standard InChI is InChI=1S/C16H27N3O2/c1-3-11-19-14(7-10-17-19)13-18(2)16(12-15(20)21)8-5-4-6-9-16/h7,10H,3-6,8-9,11-13H2,1-2H3,(H,20,21). The number of rotatable bonds is 7. The zero-order valence-corrected chi connectivity index (χ0v) is 13.2. The molecule has 0 saturated heterocycles. The number of carboxylic acid groups (broad SMARTS) is 1. The lowest BCUT2D eigenvalue weighted by molar-refractivity contribution is -0.141. The molecular formula is C16H27N3O2. The molecule has 1 aromatic rings. The summed E-state index contributed by atoms with van der Waals surface area (Å²) in [4.78, 5) is 13.6. The second-order valence-electron chi connectivity index (χ2n) is 6.26. The molecular weight excluding hydrogens is 266 g/mol. The van der Waals surface area contributed by atoms with E-state index in [1.165, 1.54) is 12.1 Å². The summed E-state index contributed by atoms with van der Waals surface area (Å²) in [6, 6.07) is 2.05. The van der Waals surface area contributed by atoms with Crippen molar-refractivity contribution >= 4 is 5.97 Å². The highest BCUT2D eigenvalue weighted by molar-refractivity contribution is 5.68. The molecule has 21 heavy (non-hydrogen) atoms. The number of aromatic nitrogens is 2. The van der Waals surface area contributed by atoms with Gasteiger partial charge in [-0.3, -0.25) is 14.4 Å². The Bertz CT molecular complexity index is 464. The molecule has 0 aliphatic heterocycles. The number of aliphatic carboxylic acids is 1. The van der Waals surface area contributed by atoms with E-state index < -0.39 is 5.97 Å². The first-order valence-electron chi connectivity index (χ1n) is 8.01.